The Bertz CT molecular complexity index is 749. The lowest BCUT2D eigenvalue weighted by molar-refractivity contribution is -0.139. The van der Waals surface area contributed by atoms with Crippen LogP contribution < -0.4 is 0 Å². The molecule has 2 unspecified atom stereocenters. The minimum Gasteiger partial charge on any atom is -0.272 e. The van der Waals surface area contributed by atoms with Crippen LogP contribution in [0, 0.1) is 11.8 Å². The summed E-state index contributed by atoms with van der Waals surface area (Å²) in [7, 11) is 0. The molecule has 0 spiro atoms. The first kappa shape index (κ1) is 15.8. The average Bonchev–Trinajstić information content (AvgIpc) is 2.92. The lowest BCUT2D eigenvalue weighted by atomic mass is 9.81. The summed E-state index contributed by atoms with van der Waals surface area (Å²) in [4.78, 5) is 25.5. The molecule has 0 aromatic heterocycles. The van der Waals surface area contributed by atoms with E-state index in [9.17, 15) is 9.59 Å². The van der Waals surface area contributed by atoms with Gasteiger partial charge < -0.3 is 0 Å². The lowest BCUT2D eigenvalue weighted by Crippen LogP contribution is -2.27. The topological polar surface area (TPSA) is 49.7 Å². The fourth-order valence-corrected chi connectivity index (χ4v) is 3.82. The molecule has 2 aromatic carbocycles. The number of amides is 2. The van der Waals surface area contributed by atoms with Crippen molar-refractivity contribution in [3.8, 4) is 0 Å². The number of nitrogens with zero attached hydrogens (tertiary/aromatic N) is 2. The van der Waals surface area contributed by atoms with Crippen molar-refractivity contribution in [2.75, 3.05) is 0 Å². The summed E-state index contributed by atoms with van der Waals surface area (Å²) < 4.78 is 0. The smallest absolute Gasteiger partial charge is 0.253 e. The average molecular weight is 332 g/mol. The molecule has 2 aromatic rings. The Kier molecular flexibility index (Phi) is 4.18. The van der Waals surface area contributed by atoms with E-state index in [4.69, 9.17) is 0 Å². The summed E-state index contributed by atoms with van der Waals surface area (Å²) >= 11 is 0. The van der Waals surface area contributed by atoms with Gasteiger partial charge in [0.05, 0.1) is 17.5 Å². The normalized spacial score (nSPS) is 22.6. The number of hydrogen-bond donors (Lipinski definition) is 0. The molecule has 1 saturated heterocycles. The van der Waals surface area contributed by atoms with E-state index in [1.807, 2.05) is 60.7 Å². The summed E-state index contributed by atoms with van der Waals surface area (Å²) in [5.41, 5.74) is 2.44. The Morgan fingerprint density at radius 2 is 1.20 bits per heavy atom. The van der Waals surface area contributed by atoms with Crippen LogP contribution in [0.4, 0.5) is 0 Å². The Morgan fingerprint density at radius 1 is 0.760 bits per heavy atom. The Balaban J connectivity index is 1.77. The maximum absolute atomic E-state index is 12.7. The molecule has 0 bridgehead atoms. The summed E-state index contributed by atoms with van der Waals surface area (Å²) in [6, 6.07) is 19.4. The molecule has 2 amide bonds. The lowest BCUT2D eigenvalue weighted by Gasteiger charge is -2.19. The third kappa shape index (κ3) is 2.88. The van der Waals surface area contributed by atoms with E-state index >= 15 is 0 Å². The molecular formula is C21H20N2O2. The molecular weight excluding hydrogens is 312 g/mol. The van der Waals surface area contributed by atoms with Gasteiger partial charge in [-0.3, -0.25) is 9.59 Å². The van der Waals surface area contributed by atoms with Crippen molar-refractivity contribution < 1.29 is 9.59 Å². The van der Waals surface area contributed by atoms with Crippen molar-refractivity contribution in [2.45, 2.75) is 25.7 Å². The van der Waals surface area contributed by atoms with Crippen LogP contribution in [0.25, 0.3) is 0 Å². The molecule has 0 N–H and O–H groups in total. The third-order valence-corrected chi connectivity index (χ3v) is 5.11. The molecule has 2 aliphatic rings. The maximum atomic E-state index is 12.7. The maximum Gasteiger partial charge on any atom is 0.253 e. The Hall–Kier alpha value is -2.75. The van der Waals surface area contributed by atoms with E-state index in [-0.39, 0.29) is 23.7 Å². The number of hydrazone groups is 1. The number of fused-ring (bicyclic) bond motifs is 1. The molecule has 4 rings (SSSR count). The van der Waals surface area contributed by atoms with Gasteiger partial charge in [-0.15, -0.1) is 0 Å². The van der Waals surface area contributed by atoms with Crippen LogP contribution in [0.5, 0.6) is 0 Å². The van der Waals surface area contributed by atoms with E-state index in [2.05, 4.69) is 5.10 Å². The van der Waals surface area contributed by atoms with E-state index in [1.54, 1.807) is 0 Å². The fourth-order valence-electron chi connectivity index (χ4n) is 3.82. The minimum atomic E-state index is -0.183. The third-order valence-electron chi connectivity index (χ3n) is 5.11. The Labute approximate surface area is 147 Å². The number of imide groups is 1. The molecule has 1 aliphatic heterocycles. The van der Waals surface area contributed by atoms with E-state index in [1.165, 1.54) is 0 Å². The number of benzene rings is 2. The fraction of sp³-hybridized carbons (Fsp3) is 0.286. The van der Waals surface area contributed by atoms with E-state index < -0.39 is 0 Å². The van der Waals surface area contributed by atoms with Crippen LogP contribution >= 0.6 is 0 Å². The number of hydrogen-bond acceptors (Lipinski definition) is 3. The predicted molar refractivity (Wildman–Crippen MR) is 95.8 cm³/mol. The number of carbonyl (C=O) groups excluding carboxylic acids is 2. The predicted octanol–water partition coefficient (Wildman–Crippen LogP) is 3.61. The molecule has 2 atom stereocenters. The second-order valence-corrected chi connectivity index (χ2v) is 6.67. The highest BCUT2D eigenvalue weighted by atomic mass is 16.2. The zero-order chi connectivity index (χ0) is 17.2. The van der Waals surface area contributed by atoms with Crippen molar-refractivity contribution in [2.24, 2.45) is 16.9 Å². The van der Waals surface area contributed by atoms with Crippen molar-refractivity contribution >= 4 is 17.5 Å². The standard InChI is InChI=1S/C21H20N2O2/c24-20-17-13-7-8-14-18(17)21(25)23(20)22-19(15-9-3-1-4-10-15)16-11-5-2-6-12-16/h1-6,9-12,17-18H,7-8,13-14H2. The first-order valence-corrected chi connectivity index (χ1v) is 8.83. The van der Waals surface area contributed by atoms with Gasteiger partial charge in [0.1, 0.15) is 0 Å². The molecule has 1 aliphatic carbocycles. The van der Waals surface area contributed by atoms with Gasteiger partial charge in [0.25, 0.3) is 11.8 Å². The molecule has 4 heteroatoms. The Morgan fingerprint density at radius 3 is 1.64 bits per heavy atom. The highest BCUT2D eigenvalue weighted by Crippen LogP contribution is 2.38. The molecule has 126 valence electrons. The van der Waals surface area contributed by atoms with Crippen LogP contribution in [-0.4, -0.2) is 22.5 Å². The van der Waals surface area contributed by atoms with Crippen molar-refractivity contribution in [3.05, 3.63) is 71.8 Å². The first-order chi connectivity index (χ1) is 12.3. The molecule has 4 nitrogen and oxygen atoms in total. The van der Waals surface area contributed by atoms with Gasteiger partial charge in [-0.1, -0.05) is 73.5 Å². The van der Waals surface area contributed by atoms with Gasteiger partial charge in [0, 0.05) is 11.1 Å². The first-order valence-electron chi connectivity index (χ1n) is 8.83. The SMILES string of the molecule is O=C1C2CCCCC2C(=O)N1N=C(c1ccccc1)c1ccccc1. The minimum absolute atomic E-state index is 0.140. The van der Waals surface area contributed by atoms with Crippen LogP contribution in [0.1, 0.15) is 36.8 Å². The second kappa shape index (κ2) is 6.63. The zero-order valence-electron chi connectivity index (χ0n) is 14.0. The van der Waals surface area contributed by atoms with Gasteiger partial charge >= 0.3 is 0 Å². The van der Waals surface area contributed by atoms with Crippen LogP contribution in [0.15, 0.2) is 65.8 Å². The summed E-state index contributed by atoms with van der Waals surface area (Å²) in [5.74, 6) is -0.645. The van der Waals surface area contributed by atoms with Gasteiger partial charge in [-0.2, -0.15) is 10.1 Å². The van der Waals surface area contributed by atoms with E-state index in [0.29, 0.717) is 5.71 Å². The quantitative estimate of drug-likeness (QED) is 0.637. The molecule has 2 fully saturated rings. The number of carbonyl (C=O) groups is 2. The van der Waals surface area contributed by atoms with Crippen LogP contribution in [-0.2, 0) is 9.59 Å². The highest BCUT2D eigenvalue weighted by molar-refractivity contribution is 6.15. The summed E-state index contributed by atoms with van der Waals surface area (Å²) in [6.45, 7) is 0. The summed E-state index contributed by atoms with van der Waals surface area (Å²) in [5, 5.41) is 5.69. The van der Waals surface area contributed by atoms with Gasteiger partial charge in [0.15, 0.2) is 0 Å². The van der Waals surface area contributed by atoms with Crippen molar-refractivity contribution in [1.29, 1.82) is 0 Å². The van der Waals surface area contributed by atoms with Gasteiger partial charge in [-0.05, 0) is 12.8 Å². The van der Waals surface area contributed by atoms with Crippen LogP contribution in [0.3, 0.4) is 0 Å². The molecule has 0 radical (unpaired) electrons. The van der Waals surface area contributed by atoms with Crippen LogP contribution in [0.2, 0.25) is 0 Å². The highest BCUT2D eigenvalue weighted by Gasteiger charge is 2.48. The summed E-state index contributed by atoms with van der Waals surface area (Å²) in [6.07, 6.45) is 3.63. The van der Waals surface area contributed by atoms with Gasteiger partial charge in [-0.25, -0.2) is 0 Å². The van der Waals surface area contributed by atoms with E-state index in [0.717, 1.165) is 41.8 Å². The second-order valence-electron chi connectivity index (χ2n) is 6.67. The molecule has 25 heavy (non-hydrogen) atoms. The molecule has 1 saturated carbocycles. The monoisotopic (exact) mass is 332 g/mol. The zero-order valence-corrected chi connectivity index (χ0v) is 14.0. The number of rotatable bonds is 3. The molecule has 1 heterocycles. The largest absolute Gasteiger partial charge is 0.272 e. The van der Waals surface area contributed by atoms with Crippen molar-refractivity contribution in [3.63, 3.8) is 0 Å². The van der Waals surface area contributed by atoms with Crippen molar-refractivity contribution in [1.82, 2.24) is 5.01 Å². The van der Waals surface area contributed by atoms with Gasteiger partial charge in [0.2, 0.25) is 0 Å².